The minimum atomic E-state index is -0.0474. The van der Waals surface area contributed by atoms with Crippen molar-refractivity contribution < 1.29 is 14.3 Å². The molecule has 27 heavy (non-hydrogen) atoms. The van der Waals surface area contributed by atoms with E-state index in [9.17, 15) is 9.59 Å². The Bertz CT molecular complexity index is 883. The zero-order valence-corrected chi connectivity index (χ0v) is 15.7. The van der Waals surface area contributed by atoms with E-state index < -0.39 is 0 Å². The first-order valence-electron chi connectivity index (χ1n) is 9.05. The number of ketones is 1. The third kappa shape index (κ3) is 4.26. The number of Topliss-reactive ketones (excluding diaryl/α,β-unsaturated/α-hetero) is 1. The number of aryl methyl sites for hydroxylation is 1. The molecule has 2 aromatic rings. The van der Waals surface area contributed by atoms with Gasteiger partial charge in [-0.15, -0.1) is 0 Å². The Balaban J connectivity index is 1.83. The molecule has 0 spiro atoms. The van der Waals surface area contributed by atoms with Crippen molar-refractivity contribution in [1.82, 2.24) is 10.2 Å². The predicted octanol–water partition coefficient (Wildman–Crippen LogP) is 3.29. The van der Waals surface area contributed by atoms with Crippen molar-refractivity contribution in [1.29, 1.82) is 0 Å². The highest BCUT2D eigenvalue weighted by molar-refractivity contribution is 5.98. The number of carbonyl (C=O) groups excluding carboxylic acids is 2. The molecule has 1 N–H and O–H groups in total. The highest BCUT2D eigenvalue weighted by atomic mass is 16.5. The SMILES string of the molecule is C=C(Oc1ccc(C)c(C(=O)N2CCNCC2)c1)c1ccccc1C(C)=O. The summed E-state index contributed by atoms with van der Waals surface area (Å²) in [5.41, 5.74) is 2.75. The molecule has 1 aliphatic rings. The average Bonchev–Trinajstić information content (AvgIpc) is 2.69. The predicted molar refractivity (Wildman–Crippen MR) is 106 cm³/mol. The molecule has 3 rings (SSSR count). The highest BCUT2D eigenvalue weighted by Crippen LogP contribution is 2.25. The van der Waals surface area contributed by atoms with Gasteiger partial charge in [0.2, 0.25) is 0 Å². The van der Waals surface area contributed by atoms with Crippen molar-refractivity contribution in [2.45, 2.75) is 13.8 Å². The summed E-state index contributed by atoms with van der Waals surface area (Å²) >= 11 is 0. The van der Waals surface area contributed by atoms with Crippen molar-refractivity contribution in [3.05, 3.63) is 71.3 Å². The van der Waals surface area contributed by atoms with Crippen LogP contribution in [0.3, 0.4) is 0 Å². The van der Waals surface area contributed by atoms with Crippen LogP contribution in [0.1, 0.15) is 38.8 Å². The van der Waals surface area contributed by atoms with Crippen molar-refractivity contribution in [2.24, 2.45) is 0 Å². The molecule has 5 heteroatoms. The van der Waals surface area contributed by atoms with Gasteiger partial charge in [-0.3, -0.25) is 9.59 Å². The fourth-order valence-electron chi connectivity index (χ4n) is 3.16. The molecular weight excluding hydrogens is 340 g/mol. The smallest absolute Gasteiger partial charge is 0.254 e. The number of carbonyl (C=O) groups is 2. The molecule has 1 amide bonds. The summed E-state index contributed by atoms with van der Waals surface area (Å²) in [6, 6.07) is 12.6. The molecule has 5 nitrogen and oxygen atoms in total. The maximum Gasteiger partial charge on any atom is 0.254 e. The van der Waals surface area contributed by atoms with E-state index in [0.717, 1.165) is 18.7 Å². The second-order valence-electron chi connectivity index (χ2n) is 6.65. The lowest BCUT2D eigenvalue weighted by atomic mass is 10.0. The zero-order chi connectivity index (χ0) is 19.4. The van der Waals surface area contributed by atoms with Gasteiger partial charge in [-0.05, 0) is 31.5 Å². The number of rotatable bonds is 5. The van der Waals surface area contributed by atoms with Gasteiger partial charge in [0, 0.05) is 42.9 Å². The Morgan fingerprint density at radius 2 is 1.70 bits per heavy atom. The van der Waals surface area contributed by atoms with Gasteiger partial charge in [-0.2, -0.15) is 0 Å². The number of nitrogens with zero attached hydrogens (tertiary/aromatic N) is 1. The third-order valence-electron chi connectivity index (χ3n) is 4.69. The molecule has 0 bridgehead atoms. The van der Waals surface area contributed by atoms with Gasteiger partial charge >= 0.3 is 0 Å². The van der Waals surface area contributed by atoms with Crippen LogP contribution in [0.25, 0.3) is 5.76 Å². The van der Waals surface area contributed by atoms with E-state index in [1.54, 1.807) is 18.2 Å². The average molecular weight is 364 g/mol. The van der Waals surface area contributed by atoms with Crippen LogP contribution in [0.4, 0.5) is 0 Å². The molecule has 0 aromatic heterocycles. The Hall–Kier alpha value is -2.92. The third-order valence-corrected chi connectivity index (χ3v) is 4.69. The van der Waals surface area contributed by atoms with Gasteiger partial charge < -0.3 is 15.0 Å². The van der Waals surface area contributed by atoms with E-state index in [1.165, 1.54) is 6.92 Å². The first kappa shape index (κ1) is 18.9. The summed E-state index contributed by atoms with van der Waals surface area (Å²) in [5, 5.41) is 3.25. The molecule has 0 aliphatic carbocycles. The van der Waals surface area contributed by atoms with Crippen molar-refractivity contribution in [3.63, 3.8) is 0 Å². The quantitative estimate of drug-likeness (QED) is 0.653. The molecule has 0 atom stereocenters. The number of amides is 1. The molecule has 0 saturated carbocycles. The number of hydrogen-bond acceptors (Lipinski definition) is 4. The summed E-state index contributed by atoms with van der Waals surface area (Å²) in [4.78, 5) is 26.5. The summed E-state index contributed by atoms with van der Waals surface area (Å²) in [6.07, 6.45) is 0. The van der Waals surface area contributed by atoms with Crippen molar-refractivity contribution in [2.75, 3.05) is 26.2 Å². The largest absolute Gasteiger partial charge is 0.457 e. The molecule has 1 heterocycles. The molecular formula is C22H24N2O3. The van der Waals surface area contributed by atoms with Crippen LogP contribution in [0, 0.1) is 6.92 Å². The van der Waals surface area contributed by atoms with Gasteiger partial charge in [0.25, 0.3) is 5.91 Å². The lowest BCUT2D eigenvalue weighted by molar-refractivity contribution is 0.0734. The Morgan fingerprint density at radius 1 is 1.04 bits per heavy atom. The second-order valence-corrected chi connectivity index (χ2v) is 6.65. The molecule has 1 aliphatic heterocycles. The van der Waals surface area contributed by atoms with E-state index in [2.05, 4.69) is 11.9 Å². The van der Waals surface area contributed by atoms with E-state index in [1.807, 2.05) is 36.1 Å². The maximum absolute atomic E-state index is 12.8. The van der Waals surface area contributed by atoms with E-state index in [4.69, 9.17) is 4.74 Å². The Kier molecular flexibility index (Phi) is 5.72. The summed E-state index contributed by atoms with van der Waals surface area (Å²) < 4.78 is 5.89. The molecule has 2 aromatic carbocycles. The number of ether oxygens (including phenoxy) is 1. The van der Waals surface area contributed by atoms with E-state index in [-0.39, 0.29) is 11.7 Å². The Labute approximate surface area is 159 Å². The fraction of sp³-hybridized carbons (Fsp3) is 0.273. The monoisotopic (exact) mass is 364 g/mol. The summed E-state index contributed by atoms with van der Waals surface area (Å²) in [6.45, 7) is 10.4. The van der Waals surface area contributed by atoms with Crippen LogP contribution >= 0.6 is 0 Å². The minimum absolute atomic E-state index is 0.00852. The number of hydrogen-bond donors (Lipinski definition) is 1. The normalized spacial score (nSPS) is 13.9. The van der Waals surface area contributed by atoms with Crippen LogP contribution in [0.5, 0.6) is 5.75 Å². The lowest BCUT2D eigenvalue weighted by Crippen LogP contribution is -2.46. The van der Waals surface area contributed by atoms with Crippen LogP contribution in [0.15, 0.2) is 49.0 Å². The maximum atomic E-state index is 12.8. The fourth-order valence-corrected chi connectivity index (χ4v) is 3.16. The van der Waals surface area contributed by atoms with Gasteiger partial charge in [0.15, 0.2) is 5.78 Å². The van der Waals surface area contributed by atoms with Gasteiger partial charge in [0.1, 0.15) is 11.5 Å². The first-order valence-corrected chi connectivity index (χ1v) is 9.05. The van der Waals surface area contributed by atoms with E-state index >= 15 is 0 Å². The Morgan fingerprint density at radius 3 is 2.37 bits per heavy atom. The number of nitrogens with one attached hydrogen (secondary N) is 1. The molecule has 1 fully saturated rings. The zero-order valence-electron chi connectivity index (χ0n) is 15.7. The van der Waals surface area contributed by atoms with Crippen LogP contribution in [0.2, 0.25) is 0 Å². The standard InChI is InChI=1S/C22H24N2O3/c1-15-8-9-18(14-21(15)22(26)24-12-10-23-11-13-24)27-17(3)20-7-5-4-6-19(20)16(2)25/h4-9,14,23H,3,10-13H2,1-2H3. The molecule has 140 valence electrons. The lowest BCUT2D eigenvalue weighted by Gasteiger charge is -2.28. The van der Waals surface area contributed by atoms with Crippen LogP contribution < -0.4 is 10.1 Å². The van der Waals surface area contributed by atoms with Crippen molar-refractivity contribution in [3.8, 4) is 5.75 Å². The minimum Gasteiger partial charge on any atom is -0.457 e. The van der Waals surface area contributed by atoms with Gasteiger partial charge in [-0.25, -0.2) is 0 Å². The van der Waals surface area contributed by atoms with Crippen LogP contribution in [-0.2, 0) is 0 Å². The second kappa shape index (κ2) is 8.18. The van der Waals surface area contributed by atoms with Crippen molar-refractivity contribution >= 4 is 17.4 Å². The molecule has 0 radical (unpaired) electrons. The number of piperazine rings is 1. The van der Waals surface area contributed by atoms with Gasteiger partial charge in [0.05, 0.1) is 0 Å². The topological polar surface area (TPSA) is 58.6 Å². The summed E-state index contributed by atoms with van der Waals surface area (Å²) in [7, 11) is 0. The molecule has 0 unspecified atom stereocenters. The molecule has 1 saturated heterocycles. The summed E-state index contributed by atoms with van der Waals surface area (Å²) in [5.74, 6) is 0.871. The first-order chi connectivity index (χ1) is 13.0. The highest BCUT2D eigenvalue weighted by Gasteiger charge is 2.20. The van der Waals surface area contributed by atoms with E-state index in [0.29, 0.717) is 41.3 Å². The van der Waals surface area contributed by atoms with Gasteiger partial charge in [-0.1, -0.05) is 36.9 Å². The number of benzene rings is 2. The van der Waals surface area contributed by atoms with Crippen LogP contribution in [-0.4, -0.2) is 42.8 Å².